The Balaban J connectivity index is 2.00. The fourth-order valence-corrected chi connectivity index (χ4v) is 3.20. The zero-order chi connectivity index (χ0) is 14.0. The molecule has 2 rings (SSSR count). The Labute approximate surface area is 125 Å². The molecule has 1 aliphatic carbocycles. The van der Waals surface area contributed by atoms with Gasteiger partial charge in [-0.15, -0.1) is 0 Å². The fourth-order valence-electron chi connectivity index (χ4n) is 2.70. The zero-order valence-corrected chi connectivity index (χ0v) is 14.1. The number of hydrogen-bond acceptors (Lipinski definition) is 2. The van der Waals surface area contributed by atoms with Crippen LogP contribution in [-0.2, 0) is 13.5 Å². The number of aryl methyl sites for hydroxylation is 2. The molecule has 1 aromatic heterocycles. The normalized spacial score (nSPS) is 17.2. The van der Waals surface area contributed by atoms with E-state index >= 15 is 0 Å². The lowest BCUT2D eigenvalue weighted by Gasteiger charge is -2.20. The maximum absolute atomic E-state index is 4.50. The van der Waals surface area contributed by atoms with Gasteiger partial charge in [0, 0.05) is 13.1 Å². The van der Waals surface area contributed by atoms with Crippen LogP contribution in [0.2, 0.25) is 0 Å². The summed E-state index contributed by atoms with van der Waals surface area (Å²) in [5.74, 6) is 1.45. The van der Waals surface area contributed by atoms with Crippen molar-refractivity contribution in [1.29, 1.82) is 0 Å². The van der Waals surface area contributed by atoms with Crippen molar-refractivity contribution >= 4 is 15.9 Å². The molecule has 0 aliphatic heterocycles. The van der Waals surface area contributed by atoms with E-state index in [1.165, 1.54) is 29.4 Å². The summed E-state index contributed by atoms with van der Waals surface area (Å²) in [6.45, 7) is 7.83. The molecule has 0 aromatic carbocycles. The van der Waals surface area contributed by atoms with Gasteiger partial charge in [0.1, 0.15) is 0 Å². The van der Waals surface area contributed by atoms with Crippen molar-refractivity contribution < 1.29 is 0 Å². The van der Waals surface area contributed by atoms with Crippen LogP contribution in [0.5, 0.6) is 0 Å². The molecule has 1 fully saturated rings. The summed E-state index contributed by atoms with van der Waals surface area (Å²) >= 11 is 3.68. The Morgan fingerprint density at radius 3 is 2.58 bits per heavy atom. The molecule has 0 spiro atoms. The van der Waals surface area contributed by atoms with Crippen LogP contribution in [0.15, 0.2) is 4.47 Å². The minimum atomic E-state index is 0.701. The maximum Gasteiger partial charge on any atom is 0.0738 e. The van der Waals surface area contributed by atoms with Crippen LogP contribution < -0.4 is 5.32 Å². The molecule has 0 amide bonds. The Hall–Kier alpha value is -0.350. The van der Waals surface area contributed by atoms with Crippen LogP contribution in [0.25, 0.3) is 0 Å². The molecule has 19 heavy (non-hydrogen) atoms. The number of nitrogens with zero attached hydrogens (tertiary/aromatic N) is 2. The lowest BCUT2D eigenvalue weighted by molar-refractivity contribution is 0.377. The van der Waals surface area contributed by atoms with E-state index in [1.807, 2.05) is 11.7 Å². The van der Waals surface area contributed by atoms with Gasteiger partial charge in [0.15, 0.2) is 0 Å². The summed E-state index contributed by atoms with van der Waals surface area (Å²) in [6, 6.07) is 0.798. The quantitative estimate of drug-likeness (QED) is 0.831. The molecule has 1 atom stereocenters. The van der Waals surface area contributed by atoms with Crippen molar-refractivity contribution in [3.05, 3.63) is 15.9 Å². The first-order chi connectivity index (χ1) is 8.97. The van der Waals surface area contributed by atoms with E-state index in [1.54, 1.807) is 0 Å². The Kier molecular flexibility index (Phi) is 5.07. The first-order valence-corrected chi connectivity index (χ1v) is 8.18. The van der Waals surface area contributed by atoms with E-state index in [0.717, 1.165) is 30.6 Å². The lowest BCUT2D eigenvalue weighted by atomic mass is 9.92. The van der Waals surface area contributed by atoms with Gasteiger partial charge in [-0.05, 0) is 66.9 Å². The van der Waals surface area contributed by atoms with Gasteiger partial charge in [0.05, 0.1) is 15.9 Å². The van der Waals surface area contributed by atoms with Gasteiger partial charge in [-0.3, -0.25) is 4.68 Å². The smallest absolute Gasteiger partial charge is 0.0738 e. The highest BCUT2D eigenvalue weighted by molar-refractivity contribution is 9.10. The van der Waals surface area contributed by atoms with Crippen molar-refractivity contribution in [2.45, 2.75) is 52.5 Å². The van der Waals surface area contributed by atoms with Crippen LogP contribution in [0.3, 0.4) is 0 Å². The van der Waals surface area contributed by atoms with Crippen molar-refractivity contribution in [1.82, 2.24) is 15.1 Å². The number of halogens is 1. The van der Waals surface area contributed by atoms with Gasteiger partial charge in [0.25, 0.3) is 0 Å². The number of hydrogen-bond donors (Lipinski definition) is 1. The van der Waals surface area contributed by atoms with Gasteiger partial charge < -0.3 is 5.32 Å². The summed E-state index contributed by atoms with van der Waals surface area (Å²) in [5.41, 5.74) is 2.43. The van der Waals surface area contributed by atoms with E-state index in [9.17, 15) is 0 Å². The zero-order valence-electron chi connectivity index (χ0n) is 12.5. The Morgan fingerprint density at radius 1 is 1.42 bits per heavy atom. The fraction of sp³-hybridized carbons (Fsp3) is 0.800. The van der Waals surface area contributed by atoms with E-state index in [-0.39, 0.29) is 0 Å². The minimum absolute atomic E-state index is 0.701. The average Bonchev–Trinajstić information content (AvgIpc) is 3.10. The predicted molar refractivity (Wildman–Crippen MR) is 83.3 cm³/mol. The molecule has 1 N–H and O–H groups in total. The molecular formula is C15H26BrN3. The van der Waals surface area contributed by atoms with Crippen LogP contribution in [0.4, 0.5) is 0 Å². The van der Waals surface area contributed by atoms with E-state index in [0.29, 0.717) is 5.92 Å². The topological polar surface area (TPSA) is 29.9 Å². The molecule has 1 unspecified atom stereocenters. The molecule has 0 bridgehead atoms. The second-order valence-corrected chi connectivity index (χ2v) is 7.14. The second-order valence-electron chi connectivity index (χ2n) is 6.35. The molecule has 108 valence electrons. The molecule has 1 aliphatic rings. The Bertz CT molecular complexity index is 421. The molecule has 1 heterocycles. The van der Waals surface area contributed by atoms with Crippen molar-refractivity contribution in [2.75, 3.05) is 6.54 Å². The van der Waals surface area contributed by atoms with Gasteiger partial charge in [0.2, 0.25) is 0 Å². The van der Waals surface area contributed by atoms with Crippen LogP contribution in [0.1, 0.15) is 44.5 Å². The van der Waals surface area contributed by atoms with Crippen molar-refractivity contribution in [3.63, 3.8) is 0 Å². The second kappa shape index (κ2) is 6.40. The first kappa shape index (κ1) is 15.0. The molecule has 0 radical (unpaired) electrons. The number of nitrogens with one attached hydrogen (secondary N) is 1. The maximum atomic E-state index is 4.50. The summed E-state index contributed by atoms with van der Waals surface area (Å²) in [6.07, 6.45) is 5.11. The average molecular weight is 328 g/mol. The number of rotatable bonds is 7. The Morgan fingerprint density at radius 2 is 2.11 bits per heavy atom. The molecular weight excluding hydrogens is 302 g/mol. The summed E-state index contributed by atoms with van der Waals surface area (Å²) in [4.78, 5) is 0. The monoisotopic (exact) mass is 327 g/mol. The van der Waals surface area contributed by atoms with Gasteiger partial charge >= 0.3 is 0 Å². The summed E-state index contributed by atoms with van der Waals surface area (Å²) < 4.78 is 3.22. The van der Waals surface area contributed by atoms with E-state index in [2.05, 4.69) is 47.1 Å². The molecule has 1 aromatic rings. The SMILES string of the molecule is Cc1nn(C)c(CC(CNC2CC2)CC(C)C)c1Br. The highest BCUT2D eigenvalue weighted by Crippen LogP contribution is 2.26. The largest absolute Gasteiger partial charge is 0.314 e. The van der Waals surface area contributed by atoms with E-state index < -0.39 is 0 Å². The lowest BCUT2D eigenvalue weighted by Crippen LogP contribution is -2.27. The summed E-state index contributed by atoms with van der Waals surface area (Å²) in [5, 5.41) is 8.18. The summed E-state index contributed by atoms with van der Waals surface area (Å²) in [7, 11) is 2.05. The first-order valence-electron chi connectivity index (χ1n) is 7.38. The van der Waals surface area contributed by atoms with Gasteiger partial charge in [-0.25, -0.2) is 0 Å². The predicted octanol–water partition coefficient (Wildman–Crippen LogP) is 3.45. The molecule has 4 heteroatoms. The molecule has 3 nitrogen and oxygen atoms in total. The van der Waals surface area contributed by atoms with Gasteiger partial charge in [-0.1, -0.05) is 13.8 Å². The number of aromatic nitrogens is 2. The standard InChI is InChI=1S/C15H26BrN3/c1-10(2)7-12(9-17-13-5-6-13)8-14-15(16)11(3)18-19(14)4/h10,12-13,17H,5-9H2,1-4H3. The highest BCUT2D eigenvalue weighted by Gasteiger charge is 2.23. The van der Waals surface area contributed by atoms with Crippen LogP contribution in [0, 0.1) is 18.8 Å². The van der Waals surface area contributed by atoms with E-state index in [4.69, 9.17) is 0 Å². The molecule has 0 saturated heterocycles. The minimum Gasteiger partial charge on any atom is -0.314 e. The van der Waals surface area contributed by atoms with Crippen molar-refractivity contribution in [2.24, 2.45) is 18.9 Å². The highest BCUT2D eigenvalue weighted by atomic mass is 79.9. The van der Waals surface area contributed by atoms with Crippen LogP contribution in [-0.4, -0.2) is 22.4 Å². The third-order valence-corrected chi connectivity index (χ3v) is 4.85. The van der Waals surface area contributed by atoms with Crippen molar-refractivity contribution in [3.8, 4) is 0 Å². The van der Waals surface area contributed by atoms with Crippen LogP contribution >= 0.6 is 15.9 Å². The van der Waals surface area contributed by atoms with Gasteiger partial charge in [-0.2, -0.15) is 5.10 Å². The third kappa shape index (κ3) is 4.32. The third-order valence-electron chi connectivity index (χ3n) is 3.82. The molecule has 1 saturated carbocycles.